The number of nitrogens with zero attached hydrogens (tertiary/aromatic N) is 2. The second-order valence-electron chi connectivity index (χ2n) is 5.47. The summed E-state index contributed by atoms with van der Waals surface area (Å²) in [7, 11) is 0. The van der Waals surface area contributed by atoms with Gasteiger partial charge in [-0.3, -0.25) is 0 Å². The van der Waals surface area contributed by atoms with Crippen molar-refractivity contribution in [1.82, 2.24) is 9.97 Å². The summed E-state index contributed by atoms with van der Waals surface area (Å²) in [5, 5.41) is 7.39. The summed E-state index contributed by atoms with van der Waals surface area (Å²) >= 11 is 6.19. The number of rotatable bonds is 6. The van der Waals surface area contributed by atoms with E-state index in [4.69, 9.17) is 11.6 Å². The molecule has 5 heteroatoms. The zero-order valence-electron chi connectivity index (χ0n) is 13.5. The molecule has 1 aromatic heterocycles. The van der Waals surface area contributed by atoms with Crippen LogP contribution in [0.1, 0.15) is 17.0 Å². The van der Waals surface area contributed by atoms with Crippen molar-refractivity contribution in [2.75, 3.05) is 10.6 Å². The Morgan fingerprint density at radius 2 is 1.46 bits per heavy atom. The average molecular weight is 339 g/mol. The summed E-state index contributed by atoms with van der Waals surface area (Å²) < 4.78 is 0. The highest BCUT2D eigenvalue weighted by Crippen LogP contribution is 2.18. The molecular formula is C19H19ClN4. The van der Waals surface area contributed by atoms with E-state index in [0.29, 0.717) is 6.54 Å². The van der Waals surface area contributed by atoms with E-state index in [2.05, 4.69) is 32.7 Å². The molecule has 122 valence electrons. The molecule has 24 heavy (non-hydrogen) atoms. The summed E-state index contributed by atoms with van der Waals surface area (Å²) in [4.78, 5) is 8.86. The predicted octanol–water partition coefficient (Wildman–Crippen LogP) is 4.66. The van der Waals surface area contributed by atoms with Crippen LogP contribution in [0, 0.1) is 6.92 Å². The Hall–Kier alpha value is -2.59. The van der Waals surface area contributed by atoms with Crippen molar-refractivity contribution in [3.05, 3.63) is 82.6 Å². The van der Waals surface area contributed by atoms with E-state index in [1.807, 2.05) is 55.5 Å². The minimum atomic E-state index is 0.619. The van der Waals surface area contributed by atoms with Crippen molar-refractivity contribution in [3.63, 3.8) is 0 Å². The van der Waals surface area contributed by atoms with Gasteiger partial charge in [-0.15, -0.1) is 0 Å². The Balaban J connectivity index is 1.66. The van der Waals surface area contributed by atoms with Crippen LogP contribution in [-0.2, 0) is 13.1 Å². The molecule has 0 spiro atoms. The van der Waals surface area contributed by atoms with Crippen LogP contribution in [-0.4, -0.2) is 9.97 Å². The van der Waals surface area contributed by atoms with Crippen molar-refractivity contribution < 1.29 is 0 Å². The number of nitrogens with one attached hydrogen (secondary N) is 2. The molecule has 0 fully saturated rings. The summed E-state index contributed by atoms with van der Waals surface area (Å²) in [5.41, 5.74) is 2.24. The Morgan fingerprint density at radius 3 is 2.17 bits per heavy atom. The van der Waals surface area contributed by atoms with Crippen LogP contribution in [0.15, 0.2) is 60.7 Å². The SMILES string of the molecule is Cc1nc(NCc2ccccc2)cc(NCc2ccccc2Cl)n1. The first-order chi connectivity index (χ1) is 11.7. The molecule has 2 aromatic carbocycles. The van der Waals surface area contributed by atoms with Crippen LogP contribution in [0.25, 0.3) is 0 Å². The maximum absolute atomic E-state index is 6.19. The van der Waals surface area contributed by atoms with Crippen LogP contribution in [0.5, 0.6) is 0 Å². The fourth-order valence-electron chi connectivity index (χ4n) is 2.36. The molecule has 4 nitrogen and oxygen atoms in total. The summed E-state index contributed by atoms with van der Waals surface area (Å²) in [6.07, 6.45) is 0. The first-order valence-corrected chi connectivity index (χ1v) is 8.19. The summed E-state index contributed by atoms with van der Waals surface area (Å²) in [6.45, 7) is 3.23. The van der Waals surface area contributed by atoms with Crippen molar-refractivity contribution in [2.45, 2.75) is 20.0 Å². The number of benzene rings is 2. The smallest absolute Gasteiger partial charge is 0.132 e. The summed E-state index contributed by atoms with van der Waals surface area (Å²) in [6, 6.07) is 19.9. The number of hydrogen-bond donors (Lipinski definition) is 2. The van der Waals surface area contributed by atoms with Gasteiger partial charge in [0.2, 0.25) is 0 Å². The number of anilines is 2. The number of hydrogen-bond acceptors (Lipinski definition) is 4. The minimum Gasteiger partial charge on any atom is -0.366 e. The fraction of sp³-hybridized carbons (Fsp3) is 0.158. The lowest BCUT2D eigenvalue weighted by molar-refractivity contribution is 1.00. The highest BCUT2D eigenvalue weighted by Gasteiger charge is 2.04. The zero-order chi connectivity index (χ0) is 16.8. The highest BCUT2D eigenvalue weighted by atomic mass is 35.5. The fourth-order valence-corrected chi connectivity index (χ4v) is 2.57. The molecule has 0 bridgehead atoms. The Labute approximate surface area is 146 Å². The van der Waals surface area contributed by atoms with Gasteiger partial charge in [-0.05, 0) is 24.1 Å². The minimum absolute atomic E-state index is 0.619. The Bertz CT molecular complexity index is 805. The standard InChI is InChI=1S/C19H19ClN4/c1-14-23-18(21-12-15-7-3-2-4-8-15)11-19(24-14)22-13-16-9-5-6-10-17(16)20/h2-11H,12-13H2,1H3,(H2,21,22,23,24). The van der Waals surface area contributed by atoms with Crippen molar-refractivity contribution in [2.24, 2.45) is 0 Å². The van der Waals surface area contributed by atoms with Gasteiger partial charge in [-0.2, -0.15) is 0 Å². The van der Waals surface area contributed by atoms with Crippen LogP contribution in [0.2, 0.25) is 5.02 Å². The molecule has 0 atom stereocenters. The maximum Gasteiger partial charge on any atom is 0.132 e. The van der Waals surface area contributed by atoms with Crippen LogP contribution >= 0.6 is 11.6 Å². The van der Waals surface area contributed by atoms with E-state index in [-0.39, 0.29) is 0 Å². The van der Waals surface area contributed by atoms with Crippen molar-refractivity contribution in [3.8, 4) is 0 Å². The lowest BCUT2D eigenvalue weighted by atomic mass is 10.2. The molecule has 0 saturated carbocycles. The van der Waals surface area contributed by atoms with Gasteiger partial charge in [0.25, 0.3) is 0 Å². The van der Waals surface area contributed by atoms with E-state index in [0.717, 1.165) is 34.6 Å². The molecule has 0 aliphatic rings. The second-order valence-corrected chi connectivity index (χ2v) is 5.88. The lowest BCUT2D eigenvalue weighted by Gasteiger charge is -2.11. The van der Waals surface area contributed by atoms with Crippen molar-refractivity contribution >= 4 is 23.2 Å². The molecule has 0 saturated heterocycles. The molecule has 0 amide bonds. The van der Waals surface area contributed by atoms with Gasteiger partial charge < -0.3 is 10.6 Å². The average Bonchev–Trinajstić information content (AvgIpc) is 2.60. The third kappa shape index (κ3) is 4.46. The third-order valence-corrected chi connectivity index (χ3v) is 3.94. The van der Waals surface area contributed by atoms with Crippen LogP contribution in [0.3, 0.4) is 0 Å². The highest BCUT2D eigenvalue weighted by molar-refractivity contribution is 6.31. The molecular weight excluding hydrogens is 320 g/mol. The van der Waals surface area contributed by atoms with E-state index >= 15 is 0 Å². The normalized spacial score (nSPS) is 10.4. The maximum atomic E-state index is 6.19. The Morgan fingerprint density at radius 1 is 0.833 bits per heavy atom. The van der Waals surface area contributed by atoms with Gasteiger partial charge in [0, 0.05) is 24.2 Å². The third-order valence-electron chi connectivity index (χ3n) is 3.57. The van der Waals surface area contributed by atoms with Gasteiger partial charge in [0.15, 0.2) is 0 Å². The first-order valence-electron chi connectivity index (χ1n) is 7.81. The van der Waals surface area contributed by atoms with E-state index in [9.17, 15) is 0 Å². The number of aromatic nitrogens is 2. The predicted molar refractivity (Wildman–Crippen MR) is 99.3 cm³/mol. The first kappa shape index (κ1) is 16.3. The van der Waals surface area contributed by atoms with Crippen molar-refractivity contribution in [1.29, 1.82) is 0 Å². The van der Waals surface area contributed by atoms with Crippen LogP contribution < -0.4 is 10.6 Å². The molecule has 0 radical (unpaired) electrons. The monoisotopic (exact) mass is 338 g/mol. The topological polar surface area (TPSA) is 49.8 Å². The molecule has 0 aliphatic heterocycles. The van der Waals surface area contributed by atoms with Gasteiger partial charge in [0.05, 0.1) is 0 Å². The zero-order valence-corrected chi connectivity index (χ0v) is 14.2. The molecule has 3 aromatic rings. The van der Waals surface area contributed by atoms with Crippen LogP contribution in [0.4, 0.5) is 11.6 Å². The van der Waals surface area contributed by atoms with E-state index in [1.165, 1.54) is 5.56 Å². The van der Waals surface area contributed by atoms with Gasteiger partial charge >= 0.3 is 0 Å². The molecule has 0 unspecified atom stereocenters. The molecule has 3 rings (SSSR count). The lowest BCUT2D eigenvalue weighted by Crippen LogP contribution is -2.07. The van der Waals surface area contributed by atoms with Gasteiger partial charge in [0.1, 0.15) is 17.5 Å². The quantitative estimate of drug-likeness (QED) is 0.686. The largest absolute Gasteiger partial charge is 0.366 e. The Kier molecular flexibility index (Phi) is 5.29. The molecule has 2 N–H and O–H groups in total. The number of aryl methyl sites for hydroxylation is 1. The molecule has 1 heterocycles. The summed E-state index contributed by atoms with van der Waals surface area (Å²) in [5.74, 6) is 2.29. The molecule has 0 aliphatic carbocycles. The number of halogens is 1. The van der Waals surface area contributed by atoms with E-state index in [1.54, 1.807) is 0 Å². The van der Waals surface area contributed by atoms with Gasteiger partial charge in [-0.1, -0.05) is 60.1 Å². The van der Waals surface area contributed by atoms with Gasteiger partial charge in [-0.25, -0.2) is 9.97 Å². The second kappa shape index (κ2) is 7.79. The van der Waals surface area contributed by atoms with E-state index < -0.39 is 0 Å².